The lowest BCUT2D eigenvalue weighted by Gasteiger charge is -2.16. The van der Waals surface area contributed by atoms with Crippen LogP contribution >= 0.6 is 0 Å². The molecule has 0 saturated heterocycles. The molecule has 0 bridgehead atoms. The Kier molecular flexibility index (Phi) is 4.91. The van der Waals surface area contributed by atoms with Crippen LogP contribution in [0.5, 0.6) is 11.6 Å². The van der Waals surface area contributed by atoms with Crippen LogP contribution in [0, 0.1) is 0 Å². The van der Waals surface area contributed by atoms with E-state index in [1.807, 2.05) is 18.2 Å². The molecule has 4 heteroatoms. The number of nitrogens with zero attached hydrogens (tertiary/aromatic N) is 2. The number of benzene rings is 4. The van der Waals surface area contributed by atoms with Crippen molar-refractivity contribution < 1.29 is 9.84 Å². The minimum Gasteiger partial charge on any atom is -0.507 e. The van der Waals surface area contributed by atoms with E-state index >= 15 is 0 Å². The highest BCUT2D eigenvalue weighted by molar-refractivity contribution is 6.13. The molecule has 0 amide bonds. The molecule has 5 aromatic rings. The summed E-state index contributed by atoms with van der Waals surface area (Å²) in [6, 6.07) is 28.2. The zero-order valence-corrected chi connectivity index (χ0v) is 18.2. The Hall–Kier alpha value is -3.92. The van der Waals surface area contributed by atoms with Gasteiger partial charge in [0.25, 0.3) is 0 Å². The largest absolute Gasteiger partial charge is 0.507 e. The minimum atomic E-state index is 0.157. The van der Waals surface area contributed by atoms with Crippen molar-refractivity contribution in [3.8, 4) is 34.3 Å². The average molecular weight is 433 g/mol. The van der Waals surface area contributed by atoms with Crippen LogP contribution in [-0.4, -0.2) is 21.2 Å². The molecule has 1 fully saturated rings. The molecular weight excluding hydrogens is 408 g/mol. The molecule has 4 aromatic carbocycles. The van der Waals surface area contributed by atoms with Crippen LogP contribution in [0.25, 0.3) is 44.2 Å². The van der Waals surface area contributed by atoms with E-state index in [0.717, 1.165) is 34.9 Å². The lowest BCUT2D eigenvalue weighted by molar-refractivity contribution is 0.201. The first kappa shape index (κ1) is 19.7. The number of rotatable bonds is 4. The van der Waals surface area contributed by atoms with Crippen LogP contribution in [0.4, 0.5) is 0 Å². The molecule has 162 valence electrons. The Labute approximate surface area is 192 Å². The van der Waals surface area contributed by atoms with E-state index in [-0.39, 0.29) is 11.9 Å². The van der Waals surface area contributed by atoms with Gasteiger partial charge in [0.2, 0.25) is 5.88 Å². The number of phenolic OH excluding ortho intramolecular Hbond substituents is 1. The van der Waals surface area contributed by atoms with Crippen LogP contribution in [0.2, 0.25) is 0 Å². The fourth-order valence-corrected chi connectivity index (χ4v) is 4.85. The van der Waals surface area contributed by atoms with Gasteiger partial charge < -0.3 is 9.84 Å². The monoisotopic (exact) mass is 432 g/mol. The Balaban J connectivity index is 1.59. The molecule has 4 nitrogen and oxygen atoms in total. The number of phenols is 1. The molecule has 1 heterocycles. The average Bonchev–Trinajstić information content (AvgIpc) is 3.36. The van der Waals surface area contributed by atoms with E-state index in [0.29, 0.717) is 17.3 Å². The predicted octanol–water partition coefficient (Wildman–Crippen LogP) is 7.14. The van der Waals surface area contributed by atoms with Crippen molar-refractivity contribution in [2.75, 3.05) is 0 Å². The third kappa shape index (κ3) is 3.68. The summed E-state index contributed by atoms with van der Waals surface area (Å²) in [4.78, 5) is 9.62. The van der Waals surface area contributed by atoms with Crippen molar-refractivity contribution in [2.24, 2.45) is 0 Å². The van der Waals surface area contributed by atoms with E-state index in [1.54, 1.807) is 12.1 Å². The summed E-state index contributed by atoms with van der Waals surface area (Å²) < 4.78 is 6.31. The number of fused-ring (bicyclic) bond motifs is 3. The second-order valence-corrected chi connectivity index (χ2v) is 8.65. The summed E-state index contributed by atoms with van der Waals surface area (Å²) in [7, 11) is 0. The summed E-state index contributed by atoms with van der Waals surface area (Å²) >= 11 is 0. The van der Waals surface area contributed by atoms with Gasteiger partial charge >= 0.3 is 0 Å². The van der Waals surface area contributed by atoms with Gasteiger partial charge in [0, 0.05) is 11.6 Å². The fourth-order valence-electron chi connectivity index (χ4n) is 4.85. The van der Waals surface area contributed by atoms with Crippen LogP contribution in [0.1, 0.15) is 25.7 Å². The molecule has 0 spiro atoms. The molecule has 33 heavy (non-hydrogen) atoms. The number of ether oxygens (including phenoxy) is 1. The van der Waals surface area contributed by atoms with Crippen molar-refractivity contribution in [1.29, 1.82) is 0 Å². The van der Waals surface area contributed by atoms with Crippen molar-refractivity contribution in [1.82, 2.24) is 9.97 Å². The molecule has 1 saturated carbocycles. The molecule has 1 aromatic heterocycles. The lowest BCUT2D eigenvalue weighted by atomic mass is 9.95. The fraction of sp³-hybridized carbons (Fsp3) is 0.172. The second kappa shape index (κ2) is 8.21. The summed E-state index contributed by atoms with van der Waals surface area (Å²) in [5.41, 5.74) is 2.42. The van der Waals surface area contributed by atoms with Crippen molar-refractivity contribution in [2.45, 2.75) is 31.8 Å². The zero-order valence-electron chi connectivity index (χ0n) is 18.2. The van der Waals surface area contributed by atoms with Crippen LogP contribution in [-0.2, 0) is 0 Å². The van der Waals surface area contributed by atoms with Gasteiger partial charge in [-0.1, -0.05) is 60.7 Å². The minimum absolute atomic E-state index is 0.157. The first-order valence-corrected chi connectivity index (χ1v) is 11.5. The molecular formula is C29H24N2O2. The Morgan fingerprint density at radius 2 is 1.39 bits per heavy atom. The highest BCUT2D eigenvalue weighted by Gasteiger charge is 2.20. The summed E-state index contributed by atoms with van der Waals surface area (Å²) in [6.07, 6.45) is 4.64. The zero-order chi connectivity index (χ0) is 22.2. The first-order chi connectivity index (χ1) is 16.3. The normalized spacial score (nSPS) is 14.2. The lowest BCUT2D eigenvalue weighted by Crippen LogP contribution is -2.12. The van der Waals surface area contributed by atoms with Gasteiger partial charge in [-0.25, -0.2) is 4.98 Å². The number of aromatic hydroxyl groups is 1. The van der Waals surface area contributed by atoms with Gasteiger partial charge in [-0.05, 0) is 65.4 Å². The maximum Gasteiger partial charge on any atom is 0.217 e. The highest BCUT2D eigenvalue weighted by Crippen LogP contribution is 2.37. The quantitative estimate of drug-likeness (QED) is 0.307. The molecule has 0 unspecified atom stereocenters. The first-order valence-electron chi connectivity index (χ1n) is 11.5. The van der Waals surface area contributed by atoms with E-state index in [2.05, 4.69) is 54.6 Å². The number of hydrogen-bond acceptors (Lipinski definition) is 4. The molecule has 1 N–H and O–H groups in total. The van der Waals surface area contributed by atoms with E-state index in [9.17, 15) is 5.11 Å². The molecule has 0 atom stereocenters. The molecule has 0 aliphatic heterocycles. The highest BCUT2D eigenvalue weighted by atomic mass is 16.5. The van der Waals surface area contributed by atoms with Gasteiger partial charge in [0.05, 0.1) is 11.3 Å². The van der Waals surface area contributed by atoms with Crippen LogP contribution in [0.15, 0.2) is 84.9 Å². The van der Waals surface area contributed by atoms with Crippen molar-refractivity contribution >= 4 is 21.5 Å². The number of para-hydroxylation sites is 1. The maximum atomic E-state index is 10.5. The van der Waals surface area contributed by atoms with Crippen molar-refractivity contribution in [3.63, 3.8) is 0 Å². The predicted molar refractivity (Wildman–Crippen MR) is 132 cm³/mol. The SMILES string of the molecule is Oc1ccccc1-c1nc(OC2CCCC2)cc(-c2cc3ccccc3c3ccccc23)n1. The Bertz CT molecular complexity index is 1470. The van der Waals surface area contributed by atoms with Crippen LogP contribution < -0.4 is 4.74 Å². The molecule has 1 aliphatic carbocycles. The third-order valence-corrected chi connectivity index (χ3v) is 6.48. The van der Waals surface area contributed by atoms with Crippen molar-refractivity contribution in [3.05, 3.63) is 84.9 Å². The maximum absolute atomic E-state index is 10.5. The van der Waals surface area contributed by atoms with Gasteiger partial charge in [0.15, 0.2) is 5.82 Å². The molecule has 0 radical (unpaired) electrons. The standard InChI is InChI=1S/C29H24N2O2/c32-27-16-8-7-15-24(27)29-30-26(18-28(31-29)33-20-10-2-3-11-20)25-17-19-9-1-4-12-21(19)22-13-5-6-14-23(22)25/h1,4-9,12-18,20,32H,2-3,10-11H2. The van der Waals surface area contributed by atoms with Gasteiger partial charge in [-0.3, -0.25) is 0 Å². The van der Waals surface area contributed by atoms with Gasteiger partial charge in [0.1, 0.15) is 11.9 Å². The summed E-state index contributed by atoms with van der Waals surface area (Å²) in [5.74, 6) is 1.18. The molecule has 1 aliphatic rings. The summed E-state index contributed by atoms with van der Waals surface area (Å²) in [5, 5.41) is 15.2. The van der Waals surface area contributed by atoms with Gasteiger partial charge in [-0.2, -0.15) is 4.98 Å². The van der Waals surface area contributed by atoms with E-state index in [1.165, 1.54) is 23.6 Å². The van der Waals surface area contributed by atoms with E-state index < -0.39 is 0 Å². The smallest absolute Gasteiger partial charge is 0.217 e. The Morgan fingerprint density at radius 1 is 0.697 bits per heavy atom. The van der Waals surface area contributed by atoms with Crippen LogP contribution in [0.3, 0.4) is 0 Å². The topological polar surface area (TPSA) is 55.2 Å². The molecule has 6 rings (SSSR count). The third-order valence-electron chi connectivity index (χ3n) is 6.48. The summed E-state index contributed by atoms with van der Waals surface area (Å²) in [6.45, 7) is 0. The number of hydrogen-bond donors (Lipinski definition) is 1. The second-order valence-electron chi connectivity index (χ2n) is 8.65. The number of aromatic nitrogens is 2. The Morgan fingerprint density at radius 3 is 2.21 bits per heavy atom. The van der Waals surface area contributed by atoms with Gasteiger partial charge in [-0.15, -0.1) is 0 Å². The van der Waals surface area contributed by atoms with E-state index in [4.69, 9.17) is 14.7 Å².